The summed E-state index contributed by atoms with van der Waals surface area (Å²) >= 11 is 6.09. The number of carbonyl (C=O) groups excluding carboxylic acids is 2. The van der Waals surface area contributed by atoms with Crippen LogP contribution in [0.5, 0.6) is 0 Å². The van der Waals surface area contributed by atoms with Crippen molar-refractivity contribution in [2.75, 3.05) is 38.0 Å². The number of hydrogen-bond donors (Lipinski definition) is 1. The highest BCUT2D eigenvalue weighted by Gasteiger charge is 2.21. The van der Waals surface area contributed by atoms with Gasteiger partial charge in [-0.15, -0.1) is 0 Å². The van der Waals surface area contributed by atoms with Crippen molar-refractivity contribution in [2.45, 2.75) is 0 Å². The van der Waals surface area contributed by atoms with Crippen molar-refractivity contribution in [1.29, 1.82) is 0 Å². The molecule has 5 nitrogen and oxygen atoms in total. The number of halogens is 2. The van der Waals surface area contributed by atoms with Crippen LogP contribution in [0.25, 0.3) is 6.08 Å². The summed E-state index contributed by atoms with van der Waals surface area (Å²) in [7, 11) is 0. The van der Waals surface area contributed by atoms with E-state index in [2.05, 4.69) is 5.32 Å². The number of piperazine rings is 1. The average Bonchev–Trinajstić information content (AvgIpc) is 2.67. The fraction of sp³-hybridized carbons (Fsp3) is 0.238. The second-order valence-corrected chi connectivity index (χ2v) is 6.92. The summed E-state index contributed by atoms with van der Waals surface area (Å²) < 4.78 is 13.2. The predicted molar refractivity (Wildman–Crippen MR) is 109 cm³/mol. The lowest BCUT2D eigenvalue weighted by Gasteiger charge is -2.33. The van der Waals surface area contributed by atoms with E-state index in [0.717, 1.165) is 5.56 Å². The van der Waals surface area contributed by atoms with Gasteiger partial charge in [0.05, 0.1) is 6.54 Å². The third-order valence-corrected chi connectivity index (χ3v) is 4.81. The minimum absolute atomic E-state index is 0.0798. The fourth-order valence-corrected chi connectivity index (χ4v) is 3.17. The van der Waals surface area contributed by atoms with E-state index in [-0.39, 0.29) is 18.4 Å². The number of rotatable bonds is 5. The third kappa shape index (κ3) is 5.65. The zero-order valence-corrected chi connectivity index (χ0v) is 16.0. The Morgan fingerprint density at radius 2 is 1.82 bits per heavy atom. The lowest BCUT2D eigenvalue weighted by atomic mass is 10.2. The molecule has 1 fully saturated rings. The molecule has 0 bridgehead atoms. The van der Waals surface area contributed by atoms with Crippen molar-refractivity contribution in [2.24, 2.45) is 0 Å². The molecule has 3 rings (SSSR count). The molecule has 0 spiro atoms. The standard InChI is InChI=1S/C21H21ClFN3O2/c22-19-7-2-1-4-16(19)8-9-21(28)26-12-10-25(11-13-26)15-20(27)24-18-6-3-5-17(23)14-18/h1-9,14H,10-13,15H2,(H,24,27)/b9-8+. The molecule has 7 heteroatoms. The first-order chi connectivity index (χ1) is 13.5. The Bertz CT molecular complexity index is 879. The number of hydrogen-bond acceptors (Lipinski definition) is 3. The van der Waals surface area contributed by atoms with Crippen molar-refractivity contribution in [3.05, 3.63) is 71.0 Å². The molecule has 1 saturated heterocycles. The molecule has 0 aliphatic carbocycles. The Balaban J connectivity index is 1.45. The number of benzene rings is 2. The number of carbonyl (C=O) groups is 2. The van der Waals surface area contributed by atoms with Gasteiger partial charge in [-0.05, 0) is 35.9 Å². The minimum Gasteiger partial charge on any atom is -0.337 e. The summed E-state index contributed by atoms with van der Waals surface area (Å²) in [5, 5.41) is 3.28. The zero-order chi connectivity index (χ0) is 19.9. The van der Waals surface area contributed by atoms with Crippen molar-refractivity contribution in [3.63, 3.8) is 0 Å². The fourth-order valence-electron chi connectivity index (χ4n) is 2.97. The van der Waals surface area contributed by atoms with Gasteiger partial charge >= 0.3 is 0 Å². The van der Waals surface area contributed by atoms with Crippen LogP contribution in [0, 0.1) is 5.82 Å². The third-order valence-electron chi connectivity index (χ3n) is 4.47. The molecule has 2 aromatic rings. The number of amides is 2. The van der Waals surface area contributed by atoms with Gasteiger partial charge in [0.2, 0.25) is 11.8 Å². The normalized spacial score (nSPS) is 15.0. The van der Waals surface area contributed by atoms with Gasteiger partial charge in [0.1, 0.15) is 5.82 Å². The van der Waals surface area contributed by atoms with Crippen LogP contribution >= 0.6 is 11.6 Å². The SMILES string of the molecule is O=C(CN1CCN(C(=O)/C=C/c2ccccc2Cl)CC1)Nc1cccc(F)c1. The monoisotopic (exact) mass is 401 g/mol. The Morgan fingerprint density at radius 3 is 2.54 bits per heavy atom. The van der Waals surface area contributed by atoms with Crippen LogP contribution in [0.2, 0.25) is 5.02 Å². The molecule has 0 saturated carbocycles. The number of anilines is 1. The molecule has 28 heavy (non-hydrogen) atoms. The molecule has 2 aromatic carbocycles. The molecular formula is C21H21ClFN3O2. The highest BCUT2D eigenvalue weighted by Crippen LogP contribution is 2.16. The average molecular weight is 402 g/mol. The van der Waals surface area contributed by atoms with Gasteiger partial charge in [-0.2, -0.15) is 0 Å². The summed E-state index contributed by atoms with van der Waals surface area (Å²) in [6, 6.07) is 13.1. The van der Waals surface area contributed by atoms with Crippen LogP contribution < -0.4 is 5.32 Å². The van der Waals surface area contributed by atoms with E-state index >= 15 is 0 Å². The molecule has 1 aliphatic heterocycles. The summed E-state index contributed by atoms with van der Waals surface area (Å²) in [4.78, 5) is 28.2. The zero-order valence-electron chi connectivity index (χ0n) is 15.3. The van der Waals surface area contributed by atoms with Crippen LogP contribution in [-0.4, -0.2) is 54.3 Å². The minimum atomic E-state index is -0.394. The second-order valence-electron chi connectivity index (χ2n) is 6.51. The van der Waals surface area contributed by atoms with E-state index in [9.17, 15) is 14.0 Å². The van der Waals surface area contributed by atoms with Crippen LogP contribution in [0.3, 0.4) is 0 Å². The van der Waals surface area contributed by atoms with Gasteiger partial charge in [0.15, 0.2) is 0 Å². The first kappa shape index (κ1) is 20.0. The number of nitrogens with one attached hydrogen (secondary N) is 1. The molecule has 0 atom stereocenters. The van der Waals surface area contributed by atoms with E-state index in [1.807, 2.05) is 23.1 Å². The van der Waals surface area contributed by atoms with Gasteiger partial charge in [-0.1, -0.05) is 35.9 Å². The Kier molecular flexibility index (Phi) is 6.79. The van der Waals surface area contributed by atoms with Crippen molar-refractivity contribution < 1.29 is 14.0 Å². The lowest BCUT2D eigenvalue weighted by molar-refractivity contribution is -0.127. The largest absolute Gasteiger partial charge is 0.337 e. The molecule has 1 N–H and O–H groups in total. The lowest BCUT2D eigenvalue weighted by Crippen LogP contribution is -2.50. The second kappa shape index (κ2) is 9.48. The highest BCUT2D eigenvalue weighted by atomic mass is 35.5. The molecule has 0 unspecified atom stereocenters. The molecule has 2 amide bonds. The van der Waals surface area contributed by atoms with E-state index < -0.39 is 5.82 Å². The molecule has 1 aliphatic rings. The van der Waals surface area contributed by atoms with Crippen LogP contribution in [0.1, 0.15) is 5.56 Å². The van der Waals surface area contributed by atoms with Gasteiger partial charge < -0.3 is 10.2 Å². The maximum atomic E-state index is 13.2. The number of nitrogens with zero attached hydrogens (tertiary/aromatic N) is 2. The Labute approximate surface area is 168 Å². The smallest absolute Gasteiger partial charge is 0.246 e. The van der Waals surface area contributed by atoms with E-state index in [1.165, 1.54) is 18.2 Å². The maximum absolute atomic E-state index is 13.2. The van der Waals surface area contributed by atoms with Crippen LogP contribution in [-0.2, 0) is 9.59 Å². The Hall–Kier alpha value is -2.70. The molecule has 1 heterocycles. The quantitative estimate of drug-likeness (QED) is 0.782. The van der Waals surface area contributed by atoms with E-state index in [4.69, 9.17) is 11.6 Å². The van der Waals surface area contributed by atoms with Crippen LogP contribution in [0.15, 0.2) is 54.6 Å². The Morgan fingerprint density at radius 1 is 1.07 bits per heavy atom. The topological polar surface area (TPSA) is 52.7 Å². The highest BCUT2D eigenvalue weighted by molar-refractivity contribution is 6.32. The van der Waals surface area contributed by atoms with Gasteiger partial charge in [-0.25, -0.2) is 4.39 Å². The summed E-state index contributed by atoms with van der Waals surface area (Å²) in [6.45, 7) is 2.48. The van der Waals surface area contributed by atoms with Crippen molar-refractivity contribution in [1.82, 2.24) is 9.80 Å². The van der Waals surface area contributed by atoms with Crippen LogP contribution in [0.4, 0.5) is 10.1 Å². The predicted octanol–water partition coefficient (Wildman–Crippen LogP) is 3.28. The molecule has 146 valence electrons. The molecule has 0 radical (unpaired) electrons. The van der Waals surface area contributed by atoms with Crippen molar-refractivity contribution >= 4 is 35.2 Å². The summed E-state index contributed by atoms with van der Waals surface area (Å²) in [5.41, 5.74) is 1.23. The van der Waals surface area contributed by atoms with Gasteiger partial charge in [0.25, 0.3) is 0 Å². The first-order valence-corrected chi connectivity index (χ1v) is 9.38. The summed E-state index contributed by atoms with van der Waals surface area (Å²) in [6.07, 6.45) is 3.23. The molecular weight excluding hydrogens is 381 g/mol. The van der Waals surface area contributed by atoms with Gasteiger partial charge in [0, 0.05) is 43.0 Å². The van der Waals surface area contributed by atoms with E-state index in [0.29, 0.717) is 36.9 Å². The van der Waals surface area contributed by atoms with E-state index in [1.54, 1.807) is 29.2 Å². The summed E-state index contributed by atoms with van der Waals surface area (Å²) in [5.74, 6) is -0.678. The van der Waals surface area contributed by atoms with Gasteiger partial charge in [-0.3, -0.25) is 14.5 Å². The molecule has 0 aromatic heterocycles. The maximum Gasteiger partial charge on any atom is 0.246 e. The van der Waals surface area contributed by atoms with Crippen molar-refractivity contribution in [3.8, 4) is 0 Å². The first-order valence-electron chi connectivity index (χ1n) is 9.00.